The number of Topliss-reactive ketones (excluding diaryl/α,β-unsaturated/α-hetero) is 2. The Hall–Kier alpha value is -2.73. The van der Waals surface area contributed by atoms with Gasteiger partial charge in [0.15, 0.2) is 11.9 Å². The van der Waals surface area contributed by atoms with Crippen molar-refractivity contribution in [2.45, 2.75) is 40.4 Å². The maximum atomic E-state index is 12.6. The standard InChI is InChI=1S/C19H21NO5/c1-10-16(12(3)22)11(2)20-17(10)18(23)13(4)25-19(24)15-7-5-14(9-21)6-8-15/h5-8,13,20-21H,9H2,1-4H3/t13-/m1/s1. The number of ether oxygens (including phenoxy) is 1. The zero-order valence-electron chi connectivity index (χ0n) is 14.7. The van der Waals surface area contributed by atoms with E-state index in [0.29, 0.717) is 27.9 Å². The predicted molar refractivity (Wildman–Crippen MR) is 91.8 cm³/mol. The largest absolute Gasteiger partial charge is 0.451 e. The molecule has 0 amide bonds. The van der Waals surface area contributed by atoms with Crippen molar-refractivity contribution in [2.75, 3.05) is 0 Å². The summed E-state index contributed by atoms with van der Waals surface area (Å²) in [6.07, 6.45) is -0.999. The molecule has 0 radical (unpaired) electrons. The lowest BCUT2D eigenvalue weighted by molar-refractivity contribution is 0.0317. The molecular formula is C19H21NO5. The fourth-order valence-corrected chi connectivity index (χ4v) is 2.76. The number of benzene rings is 1. The summed E-state index contributed by atoms with van der Waals surface area (Å²) in [5.41, 5.74) is 2.91. The third-order valence-corrected chi connectivity index (χ3v) is 4.06. The van der Waals surface area contributed by atoms with Crippen LogP contribution in [-0.2, 0) is 11.3 Å². The zero-order chi connectivity index (χ0) is 18.7. The Morgan fingerprint density at radius 2 is 1.76 bits per heavy atom. The molecule has 0 fully saturated rings. The van der Waals surface area contributed by atoms with Crippen molar-refractivity contribution in [2.24, 2.45) is 0 Å². The van der Waals surface area contributed by atoms with Crippen molar-refractivity contribution in [1.82, 2.24) is 4.98 Å². The maximum absolute atomic E-state index is 12.6. The number of hydrogen-bond donors (Lipinski definition) is 2. The molecule has 0 saturated heterocycles. The molecule has 0 aliphatic rings. The minimum Gasteiger partial charge on any atom is -0.451 e. The first kappa shape index (κ1) is 18.6. The lowest BCUT2D eigenvalue weighted by Crippen LogP contribution is -2.25. The van der Waals surface area contributed by atoms with Gasteiger partial charge >= 0.3 is 5.97 Å². The summed E-state index contributed by atoms with van der Waals surface area (Å²) in [7, 11) is 0. The SMILES string of the molecule is CC(=O)c1c(C)[nH]c(C(=O)[C@@H](C)OC(=O)c2ccc(CO)cc2)c1C. The Morgan fingerprint density at radius 1 is 1.16 bits per heavy atom. The van der Waals surface area contributed by atoms with Crippen LogP contribution in [0.15, 0.2) is 24.3 Å². The molecule has 1 aromatic heterocycles. The van der Waals surface area contributed by atoms with Crippen LogP contribution < -0.4 is 0 Å². The predicted octanol–water partition coefficient (Wildman–Crippen LogP) is 2.75. The molecule has 2 rings (SSSR count). The molecule has 2 N–H and O–H groups in total. The minimum atomic E-state index is -0.999. The molecule has 0 saturated carbocycles. The number of ketones is 2. The van der Waals surface area contributed by atoms with Crippen molar-refractivity contribution < 1.29 is 24.2 Å². The molecule has 132 valence electrons. The van der Waals surface area contributed by atoms with Gasteiger partial charge in [0, 0.05) is 11.3 Å². The Morgan fingerprint density at radius 3 is 2.24 bits per heavy atom. The summed E-state index contributed by atoms with van der Waals surface area (Å²) in [4.78, 5) is 39.3. The Labute approximate surface area is 145 Å². The first-order valence-corrected chi connectivity index (χ1v) is 7.91. The van der Waals surface area contributed by atoms with Gasteiger partial charge in [0.2, 0.25) is 5.78 Å². The van der Waals surface area contributed by atoms with Crippen LogP contribution >= 0.6 is 0 Å². The van der Waals surface area contributed by atoms with Crippen molar-refractivity contribution >= 4 is 17.5 Å². The van der Waals surface area contributed by atoms with E-state index < -0.39 is 17.9 Å². The van der Waals surface area contributed by atoms with Crippen molar-refractivity contribution in [3.05, 3.63) is 57.9 Å². The minimum absolute atomic E-state index is 0.117. The van der Waals surface area contributed by atoms with E-state index in [1.54, 1.807) is 26.0 Å². The Kier molecular flexibility index (Phi) is 5.54. The number of H-pyrrole nitrogens is 1. The molecule has 2 aromatic rings. The molecule has 0 spiro atoms. The van der Waals surface area contributed by atoms with Crippen LogP contribution in [0.3, 0.4) is 0 Å². The highest BCUT2D eigenvalue weighted by Crippen LogP contribution is 2.20. The Bertz CT molecular complexity index is 817. The van der Waals surface area contributed by atoms with Crippen molar-refractivity contribution in [3.63, 3.8) is 0 Å². The number of aliphatic hydroxyl groups excluding tert-OH is 1. The molecule has 1 aromatic carbocycles. The topological polar surface area (TPSA) is 96.5 Å². The van der Waals surface area contributed by atoms with Crippen LogP contribution in [0.5, 0.6) is 0 Å². The van der Waals surface area contributed by atoms with E-state index in [1.807, 2.05) is 0 Å². The summed E-state index contributed by atoms with van der Waals surface area (Å²) < 4.78 is 5.23. The van der Waals surface area contributed by atoms with Gasteiger partial charge in [-0.2, -0.15) is 0 Å². The number of carbonyl (C=O) groups is 3. The average Bonchev–Trinajstić information content (AvgIpc) is 2.88. The van der Waals surface area contributed by atoms with Crippen LogP contribution in [0.4, 0.5) is 0 Å². The van der Waals surface area contributed by atoms with E-state index in [-0.39, 0.29) is 18.1 Å². The first-order chi connectivity index (χ1) is 11.8. The normalized spacial score (nSPS) is 11.9. The fraction of sp³-hybridized carbons (Fsp3) is 0.316. The molecule has 0 bridgehead atoms. The molecule has 1 heterocycles. The van der Waals surface area contributed by atoms with Crippen molar-refractivity contribution in [3.8, 4) is 0 Å². The van der Waals surface area contributed by atoms with Gasteiger partial charge in [-0.1, -0.05) is 12.1 Å². The van der Waals surface area contributed by atoms with Crippen LogP contribution in [0.1, 0.15) is 61.9 Å². The fourth-order valence-electron chi connectivity index (χ4n) is 2.76. The number of nitrogens with one attached hydrogen (secondary N) is 1. The van der Waals surface area contributed by atoms with Crippen LogP contribution in [0, 0.1) is 13.8 Å². The highest BCUT2D eigenvalue weighted by molar-refractivity contribution is 6.05. The molecule has 0 aliphatic carbocycles. The van der Waals surface area contributed by atoms with Crippen LogP contribution in [-0.4, -0.2) is 33.7 Å². The third-order valence-electron chi connectivity index (χ3n) is 4.06. The van der Waals surface area contributed by atoms with E-state index >= 15 is 0 Å². The summed E-state index contributed by atoms with van der Waals surface area (Å²) >= 11 is 0. The Balaban J connectivity index is 2.16. The molecule has 25 heavy (non-hydrogen) atoms. The number of rotatable bonds is 6. The second-order valence-corrected chi connectivity index (χ2v) is 5.95. The first-order valence-electron chi connectivity index (χ1n) is 7.91. The van der Waals surface area contributed by atoms with Gasteiger partial charge in [-0.15, -0.1) is 0 Å². The smallest absolute Gasteiger partial charge is 0.338 e. The summed E-state index contributed by atoms with van der Waals surface area (Å²) in [5, 5.41) is 9.01. The molecule has 0 aliphatic heterocycles. The van der Waals surface area contributed by atoms with Gasteiger partial charge < -0.3 is 14.8 Å². The number of esters is 1. The zero-order valence-corrected chi connectivity index (χ0v) is 14.7. The van der Waals surface area contributed by atoms with Gasteiger partial charge in [0.1, 0.15) is 0 Å². The molecular weight excluding hydrogens is 322 g/mol. The van der Waals surface area contributed by atoms with Gasteiger partial charge in [0.25, 0.3) is 0 Å². The molecule has 6 heteroatoms. The van der Waals surface area contributed by atoms with Crippen LogP contribution in [0.25, 0.3) is 0 Å². The quantitative estimate of drug-likeness (QED) is 0.621. The number of aliphatic hydroxyl groups is 1. The molecule has 0 unspecified atom stereocenters. The van der Waals surface area contributed by atoms with Crippen LogP contribution in [0.2, 0.25) is 0 Å². The third kappa shape index (κ3) is 3.85. The summed E-state index contributed by atoms with van der Waals surface area (Å²) in [5.74, 6) is -1.15. The number of aromatic nitrogens is 1. The monoisotopic (exact) mass is 343 g/mol. The number of aromatic amines is 1. The maximum Gasteiger partial charge on any atom is 0.338 e. The highest BCUT2D eigenvalue weighted by atomic mass is 16.5. The van der Waals surface area contributed by atoms with E-state index in [1.165, 1.54) is 26.0 Å². The van der Waals surface area contributed by atoms with Gasteiger partial charge in [0.05, 0.1) is 17.9 Å². The highest BCUT2D eigenvalue weighted by Gasteiger charge is 2.26. The van der Waals surface area contributed by atoms with Gasteiger partial charge in [-0.25, -0.2) is 4.79 Å². The number of hydrogen-bond acceptors (Lipinski definition) is 5. The summed E-state index contributed by atoms with van der Waals surface area (Å²) in [6, 6.07) is 6.29. The van der Waals surface area contributed by atoms with E-state index in [4.69, 9.17) is 9.84 Å². The van der Waals surface area contributed by atoms with E-state index in [0.717, 1.165) is 0 Å². The molecule has 1 atom stereocenters. The van der Waals surface area contributed by atoms with Gasteiger partial charge in [-0.3, -0.25) is 9.59 Å². The second kappa shape index (κ2) is 7.44. The number of aryl methyl sites for hydroxylation is 1. The number of carbonyl (C=O) groups excluding carboxylic acids is 3. The van der Waals surface area contributed by atoms with Gasteiger partial charge in [-0.05, 0) is 51.0 Å². The van der Waals surface area contributed by atoms with E-state index in [2.05, 4.69) is 4.98 Å². The lowest BCUT2D eigenvalue weighted by Gasteiger charge is -2.12. The van der Waals surface area contributed by atoms with E-state index in [9.17, 15) is 14.4 Å². The lowest BCUT2D eigenvalue weighted by atomic mass is 10.0. The average molecular weight is 343 g/mol. The second-order valence-electron chi connectivity index (χ2n) is 5.95. The summed E-state index contributed by atoms with van der Waals surface area (Å²) in [6.45, 7) is 6.23. The molecule has 6 nitrogen and oxygen atoms in total. The van der Waals surface area contributed by atoms with Crippen molar-refractivity contribution in [1.29, 1.82) is 0 Å².